The summed E-state index contributed by atoms with van der Waals surface area (Å²) in [5.74, 6) is -3.32. The summed E-state index contributed by atoms with van der Waals surface area (Å²) in [5, 5.41) is 7.86. The molecule has 0 unspecified atom stereocenters. The fourth-order valence-electron chi connectivity index (χ4n) is 0.193. The van der Waals surface area contributed by atoms with Crippen LogP contribution in [0.1, 0.15) is 0 Å². The molecule has 0 bridgehead atoms. The summed E-state index contributed by atoms with van der Waals surface area (Å²) in [6.07, 6.45) is -5.08. The predicted octanol–water partition coefficient (Wildman–Crippen LogP) is 1.13. The number of nitrogens with zero attached hydrogens (tertiary/aromatic N) is 1. The van der Waals surface area contributed by atoms with Crippen molar-refractivity contribution >= 4 is 5.97 Å². The topological polar surface area (TPSA) is 50.1 Å². The minimum atomic E-state index is -5.08. The Balaban J connectivity index is 4.13. The zero-order valence-electron chi connectivity index (χ0n) is 5.10. The van der Waals surface area contributed by atoms with E-state index in [-0.39, 0.29) is 0 Å². The zero-order valence-corrected chi connectivity index (χ0v) is 5.10. The minimum Gasteiger partial charge on any atom is -0.409 e. The maximum Gasteiger partial charge on any atom is 0.491 e. The van der Waals surface area contributed by atoms with Crippen LogP contribution in [0.2, 0.25) is 0 Å². The summed E-state index contributed by atoms with van der Waals surface area (Å²) in [7, 11) is 0. The van der Waals surface area contributed by atoms with Crippen LogP contribution in [0.25, 0.3) is 0 Å². The van der Waals surface area contributed by atoms with E-state index < -0.39 is 17.9 Å². The average Bonchev–Trinajstić information content (AvgIpc) is 1.85. The van der Waals surface area contributed by atoms with Gasteiger partial charge in [-0.3, -0.25) is 0 Å². The molecular weight excluding hydrogens is 163 g/mol. The standard InChI is InChI=1S/C5H2F3NO2/c1-3(2-9)11-4(10)5(6,7)8/h1H2. The summed E-state index contributed by atoms with van der Waals surface area (Å²) in [4.78, 5) is 9.87. The molecule has 0 radical (unpaired) electrons. The van der Waals surface area contributed by atoms with Gasteiger partial charge in [-0.2, -0.15) is 18.4 Å². The molecule has 0 aliphatic carbocycles. The second-order valence-electron chi connectivity index (χ2n) is 1.42. The van der Waals surface area contributed by atoms with E-state index in [9.17, 15) is 18.0 Å². The number of nitriles is 1. The highest BCUT2D eigenvalue weighted by Crippen LogP contribution is 2.17. The maximum atomic E-state index is 11.3. The zero-order chi connectivity index (χ0) is 9.07. The van der Waals surface area contributed by atoms with Crippen molar-refractivity contribution in [3.05, 3.63) is 12.3 Å². The Bertz CT molecular complexity index is 225. The van der Waals surface area contributed by atoms with E-state index in [0.29, 0.717) is 0 Å². The largest absolute Gasteiger partial charge is 0.491 e. The van der Waals surface area contributed by atoms with Gasteiger partial charge < -0.3 is 4.74 Å². The van der Waals surface area contributed by atoms with Gasteiger partial charge in [0.2, 0.25) is 5.76 Å². The van der Waals surface area contributed by atoms with Gasteiger partial charge in [-0.1, -0.05) is 0 Å². The number of halogens is 3. The van der Waals surface area contributed by atoms with Crippen molar-refractivity contribution in [3.63, 3.8) is 0 Å². The van der Waals surface area contributed by atoms with Crippen molar-refractivity contribution in [2.45, 2.75) is 6.18 Å². The molecule has 0 aromatic rings. The van der Waals surface area contributed by atoms with Crippen molar-refractivity contribution < 1.29 is 22.7 Å². The van der Waals surface area contributed by atoms with Gasteiger partial charge >= 0.3 is 12.1 Å². The van der Waals surface area contributed by atoms with E-state index in [1.54, 1.807) is 0 Å². The molecule has 0 fully saturated rings. The molecule has 0 rings (SSSR count). The highest BCUT2D eigenvalue weighted by molar-refractivity contribution is 5.76. The van der Waals surface area contributed by atoms with Gasteiger partial charge in [0.25, 0.3) is 0 Å². The number of allylic oxidation sites excluding steroid dienone is 1. The van der Waals surface area contributed by atoms with Gasteiger partial charge in [0.1, 0.15) is 6.07 Å². The lowest BCUT2D eigenvalue weighted by Gasteiger charge is -2.03. The number of hydrogen-bond acceptors (Lipinski definition) is 3. The number of alkyl halides is 3. The molecule has 60 valence electrons. The first kappa shape index (κ1) is 9.49. The van der Waals surface area contributed by atoms with Crippen LogP contribution < -0.4 is 0 Å². The molecule has 0 aliphatic rings. The van der Waals surface area contributed by atoms with Crippen molar-refractivity contribution in [2.24, 2.45) is 0 Å². The fraction of sp³-hybridized carbons (Fsp3) is 0.200. The summed E-state index contributed by atoms with van der Waals surface area (Å²) < 4.78 is 37.4. The SMILES string of the molecule is C=C(C#N)OC(=O)C(F)(F)F. The van der Waals surface area contributed by atoms with Crippen LogP contribution in [-0.4, -0.2) is 12.1 Å². The van der Waals surface area contributed by atoms with E-state index >= 15 is 0 Å². The van der Waals surface area contributed by atoms with Crippen LogP contribution in [0.4, 0.5) is 13.2 Å². The molecule has 0 aromatic heterocycles. The molecule has 0 atom stereocenters. The lowest BCUT2D eigenvalue weighted by molar-refractivity contribution is -0.194. The van der Waals surface area contributed by atoms with Crippen molar-refractivity contribution in [3.8, 4) is 6.07 Å². The van der Waals surface area contributed by atoms with Gasteiger partial charge in [-0.05, 0) is 6.58 Å². The molecule has 0 aromatic carbocycles. The molecule has 0 saturated carbocycles. The Morgan fingerprint density at radius 3 is 2.27 bits per heavy atom. The molecule has 0 amide bonds. The number of ether oxygens (including phenoxy) is 1. The smallest absolute Gasteiger partial charge is 0.409 e. The third kappa shape index (κ3) is 3.25. The fourth-order valence-corrected chi connectivity index (χ4v) is 0.193. The summed E-state index contributed by atoms with van der Waals surface area (Å²) >= 11 is 0. The molecule has 0 N–H and O–H groups in total. The first-order valence-corrected chi connectivity index (χ1v) is 2.26. The van der Waals surface area contributed by atoms with Crippen LogP contribution >= 0.6 is 0 Å². The Morgan fingerprint density at radius 2 is 2.00 bits per heavy atom. The molecule has 0 saturated heterocycles. The number of hydrogen-bond donors (Lipinski definition) is 0. The van der Waals surface area contributed by atoms with Crippen LogP contribution in [0.15, 0.2) is 12.3 Å². The summed E-state index contributed by atoms with van der Waals surface area (Å²) in [6.45, 7) is 2.72. The predicted molar refractivity (Wildman–Crippen MR) is 26.9 cm³/mol. The summed E-state index contributed by atoms with van der Waals surface area (Å²) in [6, 6.07) is 1.13. The van der Waals surface area contributed by atoms with Gasteiger partial charge in [0, 0.05) is 0 Å². The Labute approximate surface area is 59.7 Å². The van der Waals surface area contributed by atoms with Crippen molar-refractivity contribution in [1.82, 2.24) is 0 Å². The molecule has 0 aliphatic heterocycles. The Hall–Kier alpha value is -1.51. The number of carbonyl (C=O) groups is 1. The van der Waals surface area contributed by atoms with Crippen LogP contribution in [0.5, 0.6) is 0 Å². The van der Waals surface area contributed by atoms with E-state index in [0.717, 1.165) is 6.07 Å². The van der Waals surface area contributed by atoms with Gasteiger partial charge in [0.15, 0.2) is 0 Å². The molecule has 3 nitrogen and oxygen atoms in total. The number of carbonyl (C=O) groups excluding carboxylic acids is 1. The molecule has 11 heavy (non-hydrogen) atoms. The average molecular weight is 165 g/mol. The first-order chi connectivity index (χ1) is 4.88. The van der Waals surface area contributed by atoms with E-state index in [1.807, 2.05) is 0 Å². The highest BCUT2D eigenvalue weighted by Gasteiger charge is 2.41. The van der Waals surface area contributed by atoms with Gasteiger partial charge in [0.05, 0.1) is 0 Å². The number of esters is 1. The molecule has 0 spiro atoms. The third-order valence-corrected chi connectivity index (χ3v) is 0.572. The summed E-state index contributed by atoms with van der Waals surface area (Å²) in [5.41, 5.74) is 0. The monoisotopic (exact) mass is 165 g/mol. The van der Waals surface area contributed by atoms with Crippen LogP contribution in [0, 0.1) is 11.3 Å². The number of rotatable bonds is 1. The Kier molecular flexibility index (Phi) is 2.63. The quantitative estimate of drug-likeness (QED) is 0.332. The van der Waals surface area contributed by atoms with Gasteiger partial charge in [-0.15, -0.1) is 0 Å². The van der Waals surface area contributed by atoms with Crippen molar-refractivity contribution in [2.75, 3.05) is 0 Å². The normalized spacial score (nSPS) is 10.0. The van der Waals surface area contributed by atoms with Crippen LogP contribution in [-0.2, 0) is 9.53 Å². The van der Waals surface area contributed by atoms with E-state index in [1.165, 1.54) is 0 Å². The lowest BCUT2D eigenvalue weighted by atomic mass is 10.6. The second kappa shape index (κ2) is 3.05. The second-order valence-corrected chi connectivity index (χ2v) is 1.42. The van der Waals surface area contributed by atoms with Crippen molar-refractivity contribution in [1.29, 1.82) is 5.26 Å². The van der Waals surface area contributed by atoms with Crippen LogP contribution in [0.3, 0.4) is 0 Å². The third-order valence-electron chi connectivity index (χ3n) is 0.572. The minimum absolute atomic E-state index is 0.882. The molecule has 0 heterocycles. The molecular formula is C5H2F3NO2. The highest BCUT2D eigenvalue weighted by atomic mass is 19.4. The Morgan fingerprint density at radius 1 is 1.55 bits per heavy atom. The first-order valence-electron chi connectivity index (χ1n) is 2.26. The van der Waals surface area contributed by atoms with Gasteiger partial charge in [-0.25, -0.2) is 4.79 Å². The maximum absolute atomic E-state index is 11.3. The van der Waals surface area contributed by atoms with E-state index in [2.05, 4.69) is 11.3 Å². The molecule has 6 heteroatoms. The van der Waals surface area contributed by atoms with E-state index in [4.69, 9.17) is 5.26 Å². The lowest BCUT2D eigenvalue weighted by Crippen LogP contribution is -2.24.